The molecule has 1 aliphatic rings. The number of rotatable bonds is 4. The molecule has 0 unspecified atom stereocenters. The maximum atomic E-state index is 12.3. The third-order valence-corrected chi connectivity index (χ3v) is 3.84. The van der Waals surface area contributed by atoms with Crippen molar-refractivity contribution in [3.63, 3.8) is 0 Å². The van der Waals surface area contributed by atoms with Crippen LogP contribution in [-0.2, 0) is 11.3 Å². The Balaban J connectivity index is 1.56. The van der Waals surface area contributed by atoms with E-state index in [1.807, 2.05) is 18.2 Å². The summed E-state index contributed by atoms with van der Waals surface area (Å²) in [5.41, 5.74) is 0.873. The number of piperidine rings is 1. The van der Waals surface area contributed by atoms with Crippen LogP contribution in [0.3, 0.4) is 0 Å². The SMILES string of the molecule is O=C(NCc1ccccn1)[C@@H]1CCCN(c2cnccn2)C1. The summed E-state index contributed by atoms with van der Waals surface area (Å²) >= 11 is 0. The maximum absolute atomic E-state index is 12.3. The van der Waals surface area contributed by atoms with Crippen LogP contribution >= 0.6 is 0 Å². The first-order valence-corrected chi connectivity index (χ1v) is 7.51. The van der Waals surface area contributed by atoms with E-state index in [-0.39, 0.29) is 11.8 Å². The largest absolute Gasteiger partial charge is 0.355 e. The first kappa shape index (κ1) is 14.4. The number of nitrogens with one attached hydrogen (secondary N) is 1. The number of carbonyl (C=O) groups excluding carboxylic acids is 1. The van der Waals surface area contributed by atoms with E-state index in [2.05, 4.69) is 25.2 Å². The number of carbonyl (C=O) groups is 1. The number of aromatic nitrogens is 3. The molecule has 6 heteroatoms. The molecule has 22 heavy (non-hydrogen) atoms. The second-order valence-corrected chi connectivity index (χ2v) is 5.39. The van der Waals surface area contributed by atoms with Crippen LogP contribution in [0.2, 0.25) is 0 Å². The number of hydrogen-bond donors (Lipinski definition) is 1. The van der Waals surface area contributed by atoms with Gasteiger partial charge in [0.15, 0.2) is 0 Å². The van der Waals surface area contributed by atoms with Crippen molar-refractivity contribution in [2.75, 3.05) is 18.0 Å². The van der Waals surface area contributed by atoms with Crippen LogP contribution in [0.15, 0.2) is 43.0 Å². The third-order valence-electron chi connectivity index (χ3n) is 3.84. The molecule has 1 N–H and O–H groups in total. The molecule has 1 saturated heterocycles. The molecule has 0 spiro atoms. The Morgan fingerprint density at radius 2 is 2.23 bits per heavy atom. The summed E-state index contributed by atoms with van der Waals surface area (Å²) in [5, 5.41) is 2.98. The van der Waals surface area contributed by atoms with E-state index >= 15 is 0 Å². The van der Waals surface area contributed by atoms with Gasteiger partial charge in [0.05, 0.1) is 24.4 Å². The molecule has 1 atom stereocenters. The van der Waals surface area contributed by atoms with E-state index in [9.17, 15) is 4.79 Å². The molecule has 2 aromatic heterocycles. The van der Waals surface area contributed by atoms with Gasteiger partial charge in [-0.2, -0.15) is 0 Å². The molecule has 3 heterocycles. The zero-order valence-electron chi connectivity index (χ0n) is 12.4. The maximum Gasteiger partial charge on any atom is 0.225 e. The van der Waals surface area contributed by atoms with Crippen molar-refractivity contribution >= 4 is 11.7 Å². The van der Waals surface area contributed by atoms with E-state index in [1.54, 1.807) is 24.8 Å². The van der Waals surface area contributed by atoms with E-state index < -0.39 is 0 Å². The molecule has 1 aliphatic heterocycles. The van der Waals surface area contributed by atoms with E-state index in [1.165, 1.54) is 0 Å². The van der Waals surface area contributed by atoms with Crippen LogP contribution < -0.4 is 10.2 Å². The Hall–Kier alpha value is -2.50. The average molecular weight is 297 g/mol. The fourth-order valence-electron chi connectivity index (χ4n) is 2.68. The third kappa shape index (κ3) is 3.58. The quantitative estimate of drug-likeness (QED) is 0.924. The molecule has 1 amide bonds. The topological polar surface area (TPSA) is 71.0 Å². The fourth-order valence-corrected chi connectivity index (χ4v) is 2.68. The predicted octanol–water partition coefficient (Wildman–Crippen LogP) is 1.40. The zero-order chi connectivity index (χ0) is 15.2. The predicted molar refractivity (Wildman–Crippen MR) is 83.1 cm³/mol. The minimum Gasteiger partial charge on any atom is -0.355 e. The summed E-state index contributed by atoms with van der Waals surface area (Å²) in [6.45, 7) is 2.08. The lowest BCUT2D eigenvalue weighted by Gasteiger charge is -2.32. The minimum atomic E-state index is -0.0144. The number of amides is 1. The summed E-state index contributed by atoms with van der Waals surface area (Å²) in [5.74, 6) is 0.906. The van der Waals surface area contributed by atoms with Crippen LogP contribution in [0.25, 0.3) is 0 Å². The van der Waals surface area contributed by atoms with Crippen molar-refractivity contribution in [3.8, 4) is 0 Å². The van der Waals surface area contributed by atoms with Crippen molar-refractivity contribution in [1.82, 2.24) is 20.3 Å². The monoisotopic (exact) mass is 297 g/mol. The van der Waals surface area contributed by atoms with Gasteiger partial charge in [-0.15, -0.1) is 0 Å². The molecule has 2 aromatic rings. The zero-order valence-corrected chi connectivity index (χ0v) is 12.4. The first-order valence-electron chi connectivity index (χ1n) is 7.51. The van der Waals surface area contributed by atoms with Gasteiger partial charge in [-0.25, -0.2) is 4.98 Å². The highest BCUT2D eigenvalue weighted by molar-refractivity contribution is 5.79. The first-order chi connectivity index (χ1) is 10.8. The molecule has 0 bridgehead atoms. The number of pyridine rings is 1. The van der Waals surface area contributed by atoms with Crippen LogP contribution in [0, 0.1) is 5.92 Å². The van der Waals surface area contributed by atoms with Crippen molar-refractivity contribution < 1.29 is 4.79 Å². The number of anilines is 1. The fraction of sp³-hybridized carbons (Fsp3) is 0.375. The highest BCUT2D eigenvalue weighted by Gasteiger charge is 2.26. The Morgan fingerprint density at radius 3 is 3.00 bits per heavy atom. The van der Waals surface area contributed by atoms with Crippen LogP contribution in [0.1, 0.15) is 18.5 Å². The number of nitrogens with zero attached hydrogens (tertiary/aromatic N) is 4. The molecule has 0 saturated carbocycles. The van der Waals surface area contributed by atoms with Gasteiger partial charge in [0.1, 0.15) is 5.82 Å². The lowest BCUT2D eigenvalue weighted by atomic mass is 9.97. The van der Waals surface area contributed by atoms with Crippen LogP contribution in [0.4, 0.5) is 5.82 Å². The molecule has 3 rings (SSSR count). The highest BCUT2D eigenvalue weighted by atomic mass is 16.1. The summed E-state index contributed by atoms with van der Waals surface area (Å²) in [6.07, 6.45) is 8.71. The van der Waals surface area contributed by atoms with E-state index in [0.29, 0.717) is 13.1 Å². The van der Waals surface area contributed by atoms with Gasteiger partial charge in [0, 0.05) is 31.7 Å². The molecule has 6 nitrogen and oxygen atoms in total. The summed E-state index contributed by atoms with van der Waals surface area (Å²) < 4.78 is 0. The standard InChI is InChI=1S/C16H19N5O/c22-16(20-10-14-5-1-2-6-18-14)13-4-3-9-21(12-13)15-11-17-7-8-19-15/h1-2,5-8,11,13H,3-4,9-10,12H2,(H,20,22)/t13-/m1/s1. The van der Waals surface area contributed by atoms with Gasteiger partial charge < -0.3 is 10.2 Å². The summed E-state index contributed by atoms with van der Waals surface area (Å²) in [4.78, 5) is 27.1. The van der Waals surface area contributed by atoms with Gasteiger partial charge in [0.25, 0.3) is 0 Å². The van der Waals surface area contributed by atoms with E-state index in [0.717, 1.165) is 30.9 Å². The van der Waals surface area contributed by atoms with Gasteiger partial charge in [-0.3, -0.25) is 14.8 Å². The molecule has 0 aliphatic carbocycles. The molecule has 1 fully saturated rings. The van der Waals surface area contributed by atoms with Gasteiger partial charge in [0.2, 0.25) is 5.91 Å². The Morgan fingerprint density at radius 1 is 1.27 bits per heavy atom. The Kier molecular flexibility index (Phi) is 4.58. The molecule has 0 aromatic carbocycles. The second-order valence-electron chi connectivity index (χ2n) is 5.39. The molecule has 0 radical (unpaired) electrons. The van der Waals surface area contributed by atoms with Gasteiger partial charge in [-0.05, 0) is 25.0 Å². The minimum absolute atomic E-state index is 0.0144. The van der Waals surface area contributed by atoms with Crippen molar-refractivity contribution in [2.24, 2.45) is 5.92 Å². The molecular formula is C16H19N5O. The van der Waals surface area contributed by atoms with Crippen molar-refractivity contribution in [1.29, 1.82) is 0 Å². The van der Waals surface area contributed by atoms with Crippen LogP contribution in [-0.4, -0.2) is 33.9 Å². The van der Waals surface area contributed by atoms with Gasteiger partial charge >= 0.3 is 0 Å². The lowest BCUT2D eigenvalue weighted by molar-refractivity contribution is -0.125. The normalized spacial score (nSPS) is 18.0. The average Bonchev–Trinajstić information content (AvgIpc) is 2.61. The smallest absolute Gasteiger partial charge is 0.225 e. The second kappa shape index (κ2) is 6.98. The molecule has 114 valence electrons. The van der Waals surface area contributed by atoms with Crippen molar-refractivity contribution in [3.05, 3.63) is 48.7 Å². The lowest BCUT2D eigenvalue weighted by Crippen LogP contribution is -2.43. The highest BCUT2D eigenvalue weighted by Crippen LogP contribution is 2.21. The molecular weight excluding hydrogens is 278 g/mol. The van der Waals surface area contributed by atoms with Gasteiger partial charge in [-0.1, -0.05) is 6.07 Å². The summed E-state index contributed by atoms with van der Waals surface area (Å²) in [6, 6.07) is 5.70. The Labute approximate surface area is 129 Å². The van der Waals surface area contributed by atoms with Crippen molar-refractivity contribution in [2.45, 2.75) is 19.4 Å². The van der Waals surface area contributed by atoms with Crippen LogP contribution in [0.5, 0.6) is 0 Å². The summed E-state index contributed by atoms with van der Waals surface area (Å²) in [7, 11) is 0. The van der Waals surface area contributed by atoms with E-state index in [4.69, 9.17) is 0 Å². The Bertz CT molecular complexity index is 604. The number of hydrogen-bond acceptors (Lipinski definition) is 5.